The monoisotopic (exact) mass is 305 g/mol. The minimum atomic E-state index is -0.316. The lowest BCUT2D eigenvalue weighted by Gasteiger charge is -2.18. The van der Waals surface area contributed by atoms with Crippen molar-refractivity contribution < 1.29 is 4.39 Å². The molecule has 0 aliphatic rings. The van der Waals surface area contributed by atoms with E-state index in [2.05, 4.69) is 22.8 Å². The zero-order valence-electron chi connectivity index (χ0n) is 10.9. The van der Waals surface area contributed by atoms with E-state index in [1.54, 1.807) is 17.4 Å². The minimum absolute atomic E-state index is 0.0424. The normalized spacial score (nSPS) is 12.8. The summed E-state index contributed by atoms with van der Waals surface area (Å²) in [6.45, 7) is 0. The number of rotatable bonds is 3. The molecule has 102 valence electrons. The Kier molecular flexibility index (Phi) is 3.74. The molecule has 1 atom stereocenters. The summed E-state index contributed by atoms with van der Waals surface area (Å²) >= 11 is 7.90. The summed E-state index contributed by atoms with van der Waals surface area (Å²) in [6, 6.07) is 12.8. The van der Waals surface area contributed by atoms with Crippen molar-refractivity contribution in [2.45, 2.75) is 6.04 Å². The predicted molar refractivity (Wildman–Crippen MR) is 84.1 cm³/mol. The summed E-state index contributed by atoms with van der Waals surface area (Å²) in [4.78, 5) is 0. The molecule has 20 heavy (non-hydrogen) atoms. The van der Waals surface area contributed by atoms with Crippen LogP contribution in [0.1, 0.15) is 17.2 Å². The SMILES string of the molecule is CNC(c1ccc(F)cc1Cl)c1csc2ccccc12. The number of fused-ring (bicyclic) bond motifs is 1. The summed E-state index contributed by atoms with van der Waals surface area (Å²) < 4.78 is 14.4. The van der Waals surface area contributed by atoms with E-state index in [0.29, 0.717) is 5.02 Å². The molecule has 0 radical (unpaired) electrons. The molecule has 0 saturated heterocycles. The van der Waals surface area contributed by atoms with Crippen LogP contribution in [0, 0.1) is 5.82 Å². The molecule has 1 heterocycles. The van der Waals surface area contributed by atoms with Crippen molar-refractivity contribution in [2.75, 3.05) is 7.05 Å². The van der Waals surface area contributed by atoms with Gasteiger partial charge in [-0.25, -0.2) is 4.39 Å². The van der Waals surface area contributed by atoms with Crippen LogP contribution in [0.4, 0.5) is 4.39 Å². The van der Waals surface area contributed by atoms with Gasteiger partial charge in [-0.2, -0.15) is 0 Å². The number of halogens is 2. The molecule has 0 spiro atoms. The standard InChI is InChI=1S/C16H13ClFNS/c1-19-16(12-7-6-10(18)8-14(12)17)13-9-20-15-5-3-2-4-11(13)15/h2-9,16,19H,1H3. The minimum Gasteiger partial charge on any atom is -0.309 e. The largest absolute Gasteiger partial charge is 0.309 e. The number of hydrogen-bond acceptors (Lipinski definition) is 2. The molecule has 4 heteroatoms. The van der Waals surface area contributed by atoms with E-state index < -0.39 is 0 Å². The quantitative estimate of drug-likeness (QED) is 0.718. The van der Waals surface area contributed by atoms with E-state index in [0.717, 1.165) is 5.56 Å². The third kappa shape index (κ3) is 2.33. The maximum absolute atomic E-state index is 13.2. The van der Waals surface area contributed by atoms with Gasteiger partial charge >= 0.3 is 0 Å². The second kappa shape index (κ2) is 5.52. The molecule has 3 aromatic rings. The molecule has 0 bridgehead atoms. The number of benzene rings is 2. The van der Waals surface area contributed by atoms with Crippen LogP contribution in [0.3, 0.4) is 0 Å². The summed E-state index contributed by atoms with van der Waals surface area (Å²) in [5.41, 5.74) is 2.06. The molecule has 1 unspecified atom stereocenters. The predicted octanol–water partition coefficient (Wildman–Crippen LogP) is 5.00. The van der Waals surface area contributed by atoms with Gasteiger partial charge in [-0.05, 0) is 47.1 Å². The van der Waals surface area contributed by atoms with Crippen LogP contribution in [0.15, 0.2) is 47.8 Å². The molecule has 0 aliphatic carbocycles. The van der Waals surface area contributed by atoms with Gasteiger partial charge in [0.2, 0.25) is 0 Å². The van der Waals surface area contributed by atoms with Gasteiger partial charge < -0.3 is 5.32 Å². The van der Waals surface area contributed by atoms with E-state index in [-0.39, 0.29) is 11.9 Å². The molecular formula is C16H13ClFNS. The molecule has 0 saturated carbocycles. The fourth-order valence-corrected chi connectivity index (χ4v) is 3.70. The fourth-order valence-electron chi connectivity index (χ4n) is 2.44. The van der Waals surface area contributed by atoms with Crippen molar-refractivity contribution in [2.24, 2.45) is 0 Å². The van der Waals surface area contributed by atoms with Crippen molar-refractivity contribution in [1.29, 1.82) is 0 Å². The highest BCUT2D eigenvalue weighted by molar-refractivity contribution is 7.17. The molecule has 1 aromatic heterocycles. The van der Waals surface area contributed by atoms with Crippen molar-refractivity contribution in [3.63, 3.8) is 0 Å². The summed E-state index contributed by atoms with van der Waals surface area (Å²) in [7, 11) is 1.89. The van der Waals surface area contributed by atoms with Gasteiger partial charge in [0.05, 0.1) is 6.04 Å². The smallest absolute Gasteiger partial charge is 0.124 e. The topological polar surface area (TPSA) is 12.0 Å². The Morgan fingerprint density at radius 2 is 1.95 bits per heavy atom. The number of thiophene rings is 1. The van der Waals surface area contributed by atoms with E-state index in [9.17, 15) is 4.39 Å². The molecule has 1 nitrogen and oxygen atoms in total. The Bertz CT molecular complexity index is 753. The van der Waals surface area contributed by atoms with Gasteiger partial charge in [-0.1, -0.05) is 35.9 Å². The third-order valence-electron chi connectivity index (χ3n) is 3.38. The van der Waals surface area contributed by atoms with E-state index in [1.165, 1.54) is 27.8 Å². The molecule has 0 amide bonds. The average Bonchev–Trinajstić information content (AvgIpc) is 2.86. The van der Waals surface area contributed by atoms with Crippen LogP contribution in [0.5, 0.6) is 0 Å². The van der Waals surface area contributed by atoms with Crippen molar-refractivity contribution in [1.82, 2.24) is 5.32 Å². The highest BCUT2D eigenvalue weighted by atomic mass is 35.5. The highest BCUT2D eigenvalue weighted by Gasteiger charge is 2.18. The lowest BCUT2D eigenvalue weighted by Crippen LogP contribution is -2.17. The van der Waals surface area contributed by atoms with Crippen LogP contribution in [0.25, 0.3) is 10.1 Å². The summed E-state index contributed by atoms with van der Waals surface area (Å²) in [5.74, 6) is -0.316. The summed E-state index contributed by atoms with van der Waals surface area (Å²) in [6.07, 6.45) is 0. The zero-order valence-corrected chi connectivity index (χ0v) is 12.4. The van der Waals surface area contributed by atoms with Crippen LogP contribution in [-0.2, 0) is 0 Å². The molecule has 1 N–H and O–H groups in total. The molecule has 0 fully saturated rings. The van der Waals surface area contributed by atoms with Crippen molar-refractivity contribution >= 4 is 33.0 Å². The first-order valence-corrected chi connectivity index (χ1v) is 7.55. The Morgan fingerprint density at radius 3 is 2.70 bits per heavy atom. The van der Waals surface area contributed by atoms with Gasteiger partial charge in [-0.15, -0.1) is 11.3 Å². The Labute approximate surface area is 126 Å². The lowest BCUT2D eigenvalue weighted by atomic mass is 9.98. The van der Waals surface area contributed by atoms with Crippen molar-refractivity contribution in [3.05, 3.63) is 69.8 Å². The van der Waals surface area contributed by atoms with Gasteiger partial charge in [0.25, 0.3) is 0 Å². The first-order valence-electron chi connectivity index (χ1n) is 6.29. The second-order valence-electron chi connectivity index (χ2n) is 4.57. The van der Waals surface area contributed by atoms with Crippen molar-refractivity contribution in [3.8, 4) is 0 Å². The van der Waals surface area contributed by atoms with Gasteiger partial charge in [-0.3, -0.25) is 0 Å². The second-order valence-corrected chi connectivity index (χ2v) is 5.89. The third-order valence-corrected chi connectivity index (χ3v) is 4.69. The van der Waals surface area contributed by atoms with Gasteiger partial charge in [0, 0.05) is 9.72 Å². The maximum atomic E-state index is 13.2. The van der Waals surface area contributed by atoms with E-state index in [1.807, 2.05) is 19.2 Å². The Morgan fingerprint density at radius 1 is 1.15 bits per heavy atom. The number of hydrogen-bond donors (Lipinski definition) is 1. The maximum Gasteiger partial charge on any atom is 0.124 e. The highest BCUT2D eigenvalue weighted by Crippen LogP contribution is 2.35. The first-order chi connectivity index (χ1) is 9.70. The van der Waals surface area contributed by atoms with Crippen LogP contribution < -0.4 is 5.32 Å². The molecule has 2 aromatic carbocycles. The lowest BCUT2D eigenvalue weighted by molar-refractivity contribution is 0.624. The Hall–Kier alpha value is -1.42. The molecular weight excluding hydrogens is 293 g/mol. The number of nitrogens with one attached hydrogen (secondary N) is 1. The fraction of sp³-hybridized carbons (Fsp3) is 0.125. The van der Waals surface area contributed by atoms with Gasteiger partial charge in [0.1, 0.15) is 5.82 Å². The van der Waals surface area contributed by atoms with Crippen LogP contribution in [-0.4, -0.2) is 7.05 Å². The van der Waals surface area contributed by atoms with E-state index >= 15 is 0 Å². The summed E-state index contributed by atoms with van der Waals surface area (Å²) in [5, 5.41) is 7.05. The zero-order chi connectivity index (χ0) is 14.1. The molecule has 3 rings (SSSR count). The van der Waals surface area contributed by atoms with Crippen LogP contribution >= 0.6 is 22.9 Å². The molecule has 0 aliphatic heterocycles. The van der Waals surface area contributed by atoms with Gasteiger partial charge in [0.15, 0.2) is 0 Å². The van der Waals surface area contributed by atoms with E-state index in [4.69, 9.17) is 11.6 Å². The van der Waals surface area contributed by atoms with Crippen LogP contribution in [0.2, 0.25) is 5.02 Å². The average molecular weight is 306 g/mol. The first kappa shape index (κ1) is 13.6. The Balaban J connectivity index is 2.14.